The van der Waals surface area contributed by atoms with Crippen LogP contribution in [0.1, 0.15) is 57.3 Å². The molecule has 1 aliphatic rings. The highest BCUT2D eigenvalue weighted by molar-refractivity contribution is 5.99. The molecular weight excluding hydrogens is 394 g/mol. The zero-order chi connectivity index (χ0) is 23.0. The minimum absolute atomic E-state index is 0.0607. The van der Waals surface area contributed by atoms with Crippen LogP contribution in [0.15, 0.2) is 18.2 Å². The fourth-order valence-electron chi connectivity index (χ4n) is 3.98. The minimum Gasteiger partial charge on any atom is -0.491 e. The summed E-state index contributed by atoms with van der Waals surface area (Å²) < 4.78 is 11.9. The fraction of sp³-hybridized carbons (Fsp3) is 0.667. The number of amides is 2. The number of hydrogen-bond donors (Lipinski definition) is 1. The molecule has 0 bridgehead atoms. The third-order valence-corrected chi connectivity index (χ3v) is 5.85. The van der Waals surface area contributed by atoms with E-state index in [-0.39, 0.29) is 29.9 Å². The summed E-state index contributed by atoms with van der Waals surface area (Å²) in [4.78, 5) is 29.4. The number of likely N-dealkylation sites (N-methyl/N-ethyl adjacent to an activating group) is 1. The molecule has 1 N–H and O–H groups in total. The highest BCUT2D eigenvalue weighted by Gasteiger charge is 2.28. The number of benzene rings is 1. The quantitative estimate of drug-likeness (QED) is 0.742. The molecule has 1 aromatic rings. The minimum atomic E-state index is -0.144. The zero-order valence-electron chi connectivity index (χ0n) is 19.9. The lowest BCUT2D eigenvalue weighted by molar-refractivity contribution is -0.116. The highest BCUT2D eigenvalue weighted by Crippen LogP contribution is 2.26. The van der Waals surface area contributed by atoms with Gasteiger partial charge in [-0.15, -0.1) is 0 Å². The highest BCUT2D eigenvalue weighted by atomic mass is 16.5. The number of carbonyl (C=O) groups excluding carboxylic acids is 2. The third kappa shape index (κ3) is 6.94. The molecule has 1 aromatic carbocycles. The number of methoxy groups -OCH3 is 1. The van der Waals surface area contributed by atoms with Gasteiger partial charge < -0.3 is 19.7 Å². The van der Waals surface area contributed by atoms with Crippen LogP contribution >= 0.6 is 0 Å². The van der Waals surface area contributed by atoms with Crippen LogP contribution in [0.25, 0.3) is 0 Å². The summed E-state index contributed by atoms with van der Waals surface area (Å²) in [5, 5.41) is 2.88. The number of hydrogen-bond acceptors (Lipinski definition) is 5. The van der Waals surface area contributed by atoms with Crippen molar-refractivity contribution in [1.82, 2.24) is 9.80 Å². The Balaban J connectivity index is 2.38. The molecule has 0 saturated carbocycles. The maximum absolute atomic E-state index is 13.3. The summed E-state index contributed by atoms with van der Waals surface area (Å²) >= 11 is 0. The molecule has 174 valence electrons. The van der Waals surface area contributed by atoms with Crippen molar-refractivity contribution in [2.45, 2.75) is 59.1 Å². The van der Waals surface area contributed by atoms with Gasteiger partial charge in [0.1, 0.15) is 12.4 Å². The molecule has 2 amide bonds. The van der Waals surface area contributed by atoms with Gasteiger partial charge in [0.05, 0.1) is 11.7 Å². The molecule has 7 nitrogen and oxygen atoms in total. The van der Waals surface area contributed by atoms with Crippen molar-refractivity contribution in [1.29, 1.82) is 0 Å². The summed E-state index contributed by atoms with van der Waals surface area (Å²) in [6.07, 6.45) is 2.20. The number of carbonyl (C=O) groups is 2. The molecule has 7 heteroatoms. The van der Waals surface area contributed by atoms with Crippen molar-refractivity contribution in [3.8, 4) is 5.75 Å². The number of ether oxygens (including phenoxy) is 2. The van der Waals surface area contributed by atoms with Gasteiger partial charge in [-0.25, -0.2) is 0 Å². The first kappa shape index (κ1) is 25.1. The molecule has 3 atom stereocenters. The van der Waals surface area contributed by atoms with Gasteiger partial charge >= 0.3 is 0 Å². The number of rotatable bonds is 6. The number of fused-ring (bicyclic) bond motifs is 1. The summed E-state index contributed by atoms with van der Waals surface area (Å²) in [5.41, 5.74) is 1.06. The SMILES string of the molecule is CCCC(=O)Nc1ccc2c(c1)C(=O)N(C)C[C@@H](OC)[C@@H](C)CN(CCC)[C@@H](C)CO2. The molecule has 2 rings (SSSR count). The molecule has 1 aliphatic heterocycles. The Kier molecular flexibility index (Phi) is 9.78. The predicted octanol–water partition coefficient (Wildman–Crippen LogP) is 3.64. The number of anilines is 1. The average molecular weight is 434 g/mol. The Hall–Kier alpha value is -2.12. The molecule has 0 radical (unpaired) electrons. The van der Waals surface area contributed by atoms with E-state index in [0.29, 0.717) is 36.6 Å². The molecule has 0 spiro atoms. The van der Waals surface area contributed by atoms with Gasteiger partial charge in [0.2, 0.25) is 5.91 Å². The maximum Gasteiger partial charge on any atom is 0.257 e. The first-order valence-electron chi connectivity index (χ1n) is 11.4. The van der Waals surface area contributed by atoms with Gasteiger partial charge in [-0.05, 0) is 50.4 Å². The average Bonchev–Trinajstić information content (AvgIpc) is 2.74. The largest absolute Gasteiger partial charge is 0.491 e. The molecule has 0 aliphatic carbocycles. The monoisotopic (exact) mass is 433 g/mol. The van der Waals surface area contributed by atoms with E-state index in [9.17, 15) is 9.59 Å². The normalized spacial score (nSPS) is 23.4. The van der Waals surface area contributed by atoms with E-state index in [1.807, 2.05) is 6.92 Å². The Labute approximate surface area is 187 Å². The van der Waals surface area contributed by atoms with Crippen LogP contribution in [0.3, 0.4) is 0 Å². The van der Waals surface area contributed by atoms with Crippen molar-refractivity contribution in [3.05, 3.63) is 23.8 Å². The van der Waals surface area contributed by atoms with E-state index in [2.05, 4.69) is 31.0 Å². The molecule has 0 unspecified atom stereocenters. The van der Waals surface area contributed by atoms with Crippen molar-refractivity contribution < 1.29 is 19.1 Å². The first-order chi connectivity index (χ1) is 14.8. The zero-order valence-corrected chi connectivity index (χ0v) is 19.9. The smallest absolute Gasteiger partial charge is 0.257 e. The molecule has 0 fully saturated rings. The summed E-state index contributed by atoms with van der Waals surface area (Å²) in [7, 11) is 3.49. The van der Waals surface area contributed by atoms with Gasteiger partial charge in [0.25, 0.3) is 5.91 Å². The fourth-order valence-corrected chi connectivity index (χ4v) is 3.98. The van der Waals surface area contributed by atoms with Crippen LogP contribution in [-0.2, 0) is 9.53 Å². The van der Waals surface area contributed by atoms with Crippen LogP contribution in [-0.4, -0.2) is 74.2 Å². The van der Waals surface area contributed by atoms with Crippen molar-refractivity contribution in [2.24, 2.45) is 5.92 Å². The maximum atomic E-state index is 13.3. The van der Waals surface area contributed by atoms with E-state index in [1.54, 1.807) is 37.3 Å². The van der Waals surface area contributed by atoms with Crippen molar-refractivity contribution in [2.75, 3.05) is 45.7 Å². The van der Waals surface area contributed by atoms with E-state index >= 15 is 0 Å². The Morgan fingerprint density at radius 1 is 1.23 bits per heavy atom. The van der Waals surface area contributed by atoms with Crippen LogP contribution in [0.5, 0.6) is 5.75 Å². The molecular formula is C24H39N3O4. The Bertz CT molecular complexity index is 740. The van der Waals surface area contributed by atoms with Crippen LogP contribution in [0.2, 0.25) is 0 Å². The van der Waals surface area contributed by atoms with E-state index in [4.69, 9.17) is 9.47 Å². The second-order valence-corrected chi connectivity index (χ2v) is 8.60. The predicted molar refractivity (Wildman–Crippen MR) is 124 cm³/mol. The van der Waals surface area contributed by atoms with Crippen molar-refractivity contribution in [3.63, 3.8) is 0 Å². The lowest BCUT2D eigenvalue weighted by Crippen LogP contribution is -2.46. The summed E-state index contributed by atoms with van der Waals surface area (Å²) in [6.45, 7) is 11.3. The Morgan fingerprint density at radius 3 is 2.61 bits per heavy atom. The summed E-state index contributed by atoms with van der Waals surface area (Å²) in [6, 6.07) is 5.48. The first-order valence-corrected chi connectivity index (χ1v) is 11.4. The van der Waals surface area contributed by atoms with Gasteiger partial charge in [0.15, 0.2) is 0 Å². The third-order valence-electron chi connectivity index (χ3n) is 5.85. The topological polar surface area (TPSA) is 71.1 Å². The number of nitrogens with one attached hydrogen (secondary N) is 1. The second kappa shape index (κ2) is 12.1. The van der Waals surface area contributed by atoms with Crippen LogP contribution in [0.4, 0.5) is 5.69 Å². The van der Waals surface area contributed by atoms with E-state index < -0.39 is 0 Å². The molecule has 31 heavy (non-hydrogen) atoms. The second-order valence-electron chi connectivity index (χ2n) is 8.60. The number of nitrogens with zero attached hydrogens (tertiary/aromatic N) is 2. The van der Waals surface area contributed by atoms with Gasteiger partial charge in [-0.1, -0.05) is 20.8 Å². The van der Waals surface area contributed by atoms with Crippen molar-refractivity contribution >= 4 is 17.5 Å². The molecule has 0 saturated heterocycles. The van der Waals surface area contributed by atoms with Gasteiger partial charge in [0, 0.05) is 45.4 Å². The standard InChI is InChI=1S/C24H39N3O4/c1-7-9-23(28)25-19-10-11-21-20(13-19)24(29)26(5)15-22(30-6)17(3)14-27(12-8-2)18(4)16-31-21/h10-11,13,17-18,22H,7-9,12,14-16H2,1-6H3,(H,25,28)/t17-,18-,22+/m0/s1. The lowest BCUT2D eigenvalue weighted by Gasteiger charge is -2.35. The Morgan fingerprint density at radius 2 is 1.97 bits per heavy atom. The molecule has 0 aromatic heterocycles. The van der Waals surface area contributed by atoms with Crippen LogP contribution in [0, 0.1) is 5.92 Å². The molecule has 1 heterocycles. The lowest BCUT2D eigenvalue weighted by atomic mass is 10.0. The van der Waals surface area contributed by atoms with E-state index in [1.165, 1.54) is 0 Å². The van der Waals surface area contributed by atoms with E-state index in [0.717, 1.165) is 25.9 Å². The van der Waals surface area contributed by atoms with Gasteiger partial charge in [-0.2, -0.15) is 0 Å². The van der Waals surface area contributed by atoms with Gasteiger partial charge in [-0.3, -0.25) is 14.5 Å². The summed E-state index contributed by atoms with van der Waals surface area (Å²) in [5.74, 6) is 0.591. The van der Waals surface area contributed by atoms with Crippen LogP contribution < -0.4 is 10.1 Å².